The van der Waals surface area contributed by atoms with Gasteiger partial charge in [-0.25, -0.2) is 13.2 Å². The molecule has 0 radical (unpaired) electrons. The van der Waals surface area contributed by atoms with E-state index in [1.807, 2.05) is 0 Å². The van der Waals surface area contributed by atoms with Crippen LogP contribution in [0.25, 0.3) is 0 Å². The highest BCUT2D eigenvalue weighted by Gasteiger charge is 2.24. The summed E-state index contributed by atoms with van der Waals surface area (Å²) in [7, 11) is -2.46. The largest absolute Gasteiger partial charge is 0.478 e. The van der Waals surface area contributed by atoms with Crippen LogP contribution in [0.15, 0.2) is 17.0 Å². The number of sulfonamides is 1. The number of carboxylic acids is 1. The summed E-state index contributed by atoms with van der Waals surface area (Å²) < 4.78 is 25.6. The van der Waals surface area contributed by atoms with Gasteiger partial charge in [0.2, 0.25) is 10.0 Å². The quantitative estimate of drug-likeness (QED) is 0.827. The molecule has 0 saturated carbocycles. The Balaban J connectivity index is 3.45. The molecule has 0 aliphatic heterocycles. The summed E-state index contributed by atoms with van der Waals surface area (Å²) in [5.74, 6) is -1.18. The number of carbonyl (C=O) groups is 1. The van der Waals surface area contributed by atoms with Gasteiger partial charge in [-0.05, 0) is 37.1 Å². The number of rotatable bonds is 5. The third kappa shape index (κ3) is 3.12. The third-order valence-corrected chi connectivity index (χ3v) is 4.95. The second-order valence-corrected chi connectivity index (χ2v) is 6.28. The number of carboxylic acid groups (broad SMARTS) is 1. The van der Waals surface area contributed by atoms with E-state index in [-0.39, 0.29) is 23.6 Å². The molecule has 7 heteroatoms. The molecule has 0 unspecified atom stereocenters. The predicted octanol–water partition coefficient (Wildman–Crippen LogP) is 0.614. The van der Waals surface area contributed by atoms with Gasteiger partial charge in [0.1, 0.15) is 0 Å². The molecule has 6 nitrogen and oxygen atoms in total. The minimum atomic E-state index is -3.80. The summed E-state index contributed by atoms with van der Waals surface area (Å²) in [6.45, 7) is 2.94. The van der Waals surface area contributed by atoms with Crippen LogP contribution in [0.5, 0.6) is 0 Å². The van der Waals surface area contributed by atoms with Gasteiger partial charge in [-0.3, -0.25) is 0 Å². The van der Waals surface area contributed by atoms with Crippen molar-refractivity contribution in [3.05, 3.63) is 28.8 Å². The summed E-state index contributed by atoms with van der Waals surface area (Å²) in [6.07, 6.45) is 0. The van der Waals surface area contributed by atoms with Crippen LogP contribution in [0, 0.1) is 13.8 Å². The molecule has 0 atom stereocenters. The molecule has 19 heavy (non-hydrogen) atoms. The Hall–Kier alpha value is -1.44. The molecule has 0 amide bonds. The first-order valence-electron chi connectivity index (χ1n) is 5.63. The van der Waals surface area contributed by atoms with Gasteiger partial charge in [-0.1, -0.05) is 0 Å². The monoisotopic (exact) mass is 287 g/mol. The smallest absolute Gasteiger partial charge is 0.335 e. The fraction of sp³-hybridized carbons (Fsp3) is 0.417. The van der Waals surface area contributed by atoms with Crippen molar-refractivity contribution < 1.29 is 23.4 Å². The number of hydrogen-bond acceptors (Lipinski definition) is 4. The molecule has 0 heterocycles. The zero-order valence-corrected chi connectivity index (χ0v) is 11.9. The number of benzene rings is 1. The molecule has 0 aliphatic carbocycles. The lowest BCUT2D eigenvalue weighted by Crippen LogP contribution is -2.30. The molecule has 0 aliphatic rings. The average Bonchev–Trinajstić information content (AvgIpc) is 2.32. The van der Waals surface area contributed by atoms with Crippen LogP contribution >= 0.6 is 0 Å². The lowest BCUT2D eigenvalue weighted by Gasteiger charge is -2.18. The van der Waals surface area contributed by atoms with Gasteiger partial charge in [0.15, 0.2) is 0 Å². The molecule has 0 spiro atoms. The van der Waals surface area contributed by atoms with Crippen molar-refractivity contribution in [1.82, 2.24) is 4.31 Å². The van der Waals surface area contributed by atoms with Crippen molar-refractivity contribution in [1.29, 1.82) is 0 Å². The molecule has 2 N–H and O–H groups in total. The lowest BCUT2D eigenvalue weighted by atomic mass is 10.1. The Morgan fingerprint density at radius 3 is 2.37 bits per heavy atom. The highest BCUT2D eigenvalue weighted by atomic mass is 32.2. The van der Waals surface area contributed by atoms with Crippen molar-refractivity contribution in [2.45, 2.75) is 18.7 Å². The molecule has 1 aromatic carbocycles. The second-order valence-electron chi connectivity index (χ2n) is 4.27. The SMILES string of the molecule is Cc1cc(C(=O)O)cc(S(=O)(=O)N(C)CCO)c1C. The molecule has 106 valence electrons. The summed E-state index contributed by atoms with van der Waals surface area (Å²) in [6, 6.07) is 2.58. The van der Waals surface area contributed by atoms with Crippen molar-refractivity contribution >= 4 is 16.0 Å². The zero-order chi connectivity index (χ0) is 14.8. The number of aliphatic hydroxyl groups excluding tert-OH is 1. The first kappa shape index (κ1) is 15.6. The number of hydrogen-bond donors (Lipinski definition) is 2. The Bertz CT molecular complexity index is 594. The molecule has 0 fully saturated rings. The minimum absolute atomic E-state index is 0.0409. The number of aliphatic hydroxyl groups is 1. The predicted molar refractivity (Wildman–Crippen MR) is 69.8 cm³/mol. The van der Waals surface area contributed by atoms with E-state index in [0.29, 0.717) is 11.1 Å². The minimum Gasteiger partial charge on any atom is -0.478 e. The molecule has 1 rings (SSSR count). The Morgan fingerprint density at radius 1 is 1.32 bits per heavy atom. The number of nitrogens with zero attached hydrogens (tertiary/aromatic N) is 1. The van der Waals surface area contributed by atoms with Gasteiger partial charge in [0.25, 0.3) is 0 Å². The molecule has 0 bridgehead atoms. The standard InChI is InChI=1S/C12H17NO5S/c1-8-6-10(12(15)16)7-11(9(8)2)19(17,18)13(3)4-5-14/h6-7,14H,4-5H2,1-3H3,(H,15,16). The van der Waals surface area contributed by atoms with E-state index in [4.69, 9.17) is 10.2 Å². The first-order valence-corrected chi connectivity index (χ1v) is 7.07. The van der Waals surface area contributed by atoms with E-state index >= 15 is 0 Å². The maximum Gasteiger partial charge on any atom is 0.335 e. The number of likely N-dealkylation sites (N-methyl/N-ethyl adjacent to an activating group) is 1. The molecular weight excluding hydrogens is 270 g/mol. The lowest BCUT2D eigenvalue weighted by molar-refractivity contribution is 0.0696. The first-order chi connectivity index (χ1) is 8.71. The van der Waals surface area contributed by atoms with Crippen LogP contribution in [0.3, 0.4) is 0 Å². The topological polar surface area (TPSA) is 94.9 Å². The van der Waals surface area contributed by atoms with E-state index < -0.39 is 16.0 Å². The van der Waals surface area contributed by atoms with Crippen LogP contribution in [0.1, 0.15) is 21.5 Å². The van der Waals surface area contributed by atoms with E-state index in [1.165, 1.54) is 13.1 Å². The zero-order valence-electron chi connectivity index (χ0n) is 11.0. The van der Waals surface area contributed by atoms with E-state index in [0.717, 1.165) is 10.4 Å². The van der Waals surface area contributed by atoms with Gasteiger partial charge in [0.05, 0.1) is 17.1 Å². The van der Waals surface area contributed by atoms with Gasteiger partial charge in [0, 0.05) is 13.6 Å². The highest BCUT2D eigenvalue weighted by molar-refractivity contribution is 7.89. The second kappa shape index (κ2) is 5.68. The third-order valence-electron chi connectivity index (χ3n) is 2.97. The van der Waals surface area contributed by atoms with Crippen molar-refractivity contribution in [3.63, 3.8) is 0 Å². The number of aromatic carboxylic acids is 1. The number of aryl methyl sites for hydroxylation is 1. The summed E-state index contributed by atoms with van der Waals surface area (Å²) in [5, 5.41) is 17.8. The van der Waals surface area contributed by atoms with Crippen LogP contribution in [-0.4, -0.2) is 49.1 Å². The highest BCUT2D eigenvalue weighted by Crippen LogP contribution is 2.23. The maximum absolute atomic E-state index is 12.3. The van der Waals surface area contributed by atoms with Crippen LogP contribution in [-0.2, 0) is 10.0 Å². The van der Waals surface area contributed by atoms with Gasteiger partial charge < -0.3 is 10.2 Å². The average molecular weight is 287 g/mol. The van der Waals surface area contributed by atoms with Crippen LogP contribution < -0.4 is 0 Å². The van der Waals surface area contributed by atoms with E-state index in [2.05, 4.69) is 0 Å². The molecule has 1 aromatic rings. The fourth-order valence-corrected chi connectivity index (χ4v) is 3.13. The van der Waals surface area contributed by atoms with E-state index in [9.17, 15) is 13.2 Å². The molecular formula is C12H17NO5S. The normalized spacial score (nSPS) is 11.8. The van der Waals surface area contributed by atoms with E-state index in [1.54, 1.807) is 13.8 Å². The Labute approximate surface area is 112 Å². The van der Waals surface area contributed by atoms with Gasteiger partial charge in [-0.15, -0.1) is 0 Å². The molecule has 0 aromatic heterocycles. The van der Waals surface area contributed by atoms with Crippen molar-refractivity contribution in [2.24, 2.45) is 0 Å². The summed E-state index contributed by atoms with van der Waals surface area (Å²) >= 11 is 0. The fourth-order valence-electron chi connectivity index (χ4n) is 1.65. The molecule has 0 saturated heterocycles. The van der Waals surface area contributed by atoms with Crippen molar-refractivity contribution in [3.8, 4) is 0 Å². The maximum atomic E-state index is 12.3. The summed E-state index contributed by atoms with van der Waals surface area (Å²) in [4.78, 5) is 10.9. The summed E-state index contributed by atoms with van der Waals surface area (Å²) in [5.41, 5.74) is 1.03. The Morgan fingerprint density at radius 2 is 1.89 bits per heavy atom. The van der Waals surface area contributed by atoms with Gasteiger partial charge in [-0.2, -0.15) is 4.31 Å². The van der Waals surface area contributed by atoms with Crippen molar-refractivity contribution in [2.75, 3.05) is 20.2 Å². The van der Waals surface area contributed by atoms with Crippen LogP contribution in [0.4, 0.5) is 0 Å². The van der Waals surface area contributed by atoms with Gasteiger partial charge >= 0.3 is 5.97 Å². The van der Waals surface area contributed by atoms with Crippen LogP contribution in [0.2, 0.25) is 0 Å². The Kier molecular flexibility index (Phi) is 4.67.